The molecule has 8 heteroatoms. The zero-order valence-corrected chi connectivity index (χ0v) is 17.5. The van der Waals surface area contributed by atoms with Crippen molar-refractivity contribution in [1.82, 2.24) is 35.4 Å². The van der Waals surface area contributed by atoms with Crippen LogP contribution in [0.3, 0.4) is 0 Å². The van der Waals surface area contributed by atoms with Gasteiger partial charge >= 0.3 is 0 Å². The van der Waals surface area contributed by atoms with E-state index < -0.39 is 0 Å². The van der Waals surface area contributed by atoms with Gasteiger partial charge in [0.1, 0.15) is 5.82 Å². The van der Waals surface area contributed by atoms with Gasteiger partial charge in [-0.2, -0.15) is 5.21 Å². The minimum Gasteiger partial charge on any atom is -0.291 e. The Kier molecular flexibility index (Phi) is 6.07. The summed E-state index contributed by atoms with van der Waals surface area (Å²) in [5.41, 5.74) is 4.07. The Morgan fingerprint density at radius 3 is 2.55 bits per heavy atom. The number of hydrogen-bond donors (Lipinski definition) is 1. The molecular weight excluding hydrogens is 390 g/mol. The fourth-order valence-corrected chi connectivity index (χ4v) is 3.32. The van der Waals surface area contributed by atoms with Crippen molar-refractivity contribution < 1.29 is 4.79 Å². The highest BCUT2D eigenvalue weighted by Gasteiger charge is 2.15. The van der Waals surface area contributed by atoms with Gasteiger partial charge in [-0.25, -0.2) is 9.67 Å². The van der Waals surface area contributed by atoms with Gasteiger partial charge in [0, 0.05) is 18.4 Å². The number of tetrazole rings is 1. The van der Waals surface area contributed by atoms with Gasteiger partial charge in [-0.1, -0.05) is 67.6 Å². The Balaban J connectivity index is 1.61. The molecule has 0 bridgehead atoms. The number of carbonyl (C=O) groups is 1. The maximum absolute atomic E-state index is 12.1. The zero-order chi connectivity index (χ0) is 21.6. The van der Waals surface area contributed by atoms with Crippen LogP contribution >= 0.6 is 0 Å². The van der Waals surface area contributed by atoms with E-state index in [-0.39, 0.29) is 11.6 Å². The van der Waals surface area contributed by atoms with Gasteiger partial charge in [0.25, 0.3) is 0 Å². The zero-order valence-electron chi connectivity index (χ0n) is 17.5. The predicted octanol–water partition coefficient (Wildman–Crippen LogP) is 3.88. The van der Waals surface area contributed by atoms with E-state index in [4.69, 9.17) is 0 Å². The largest absolute Gasteiger partial charge is 0.291 e. The number of carbonyl (C=O) groups excluding carboxylic acids is 1. The van der Waals surface area contributed by atoms with Crippen LogP contribution in [-0.2, 0) is 13.0 Å². The molecule has 0 saturated heterocycles. The number of H-pyrrole nitrogens is 1. The summed E-state index contributed by atoms with van der Waals surface area (Å²) in [6.07, 6.45) is 5.01. The average Bonchev–Trinajstić information content (AvgIpc) is 3.48. The quantitative estimate of drug-likeness (QED) is 0.347. The van der Waals surface area contributed by atoms with Crippen LogP contribution in [0.4, 0.5) is 0 Å². The summed E-state index contributed by atoms with van der Waals surface area (Å²) in [6, 6.07) is 16.2. The number of rotatable bonds is 8. The number of aromatic nitrogens is 7. The number of allylic oxidation sites excluding steroid dienone is 2. The lowest BCUT2D eigenvalue weighted by Crippen LogP contribution is -2.07. The molecule has 0 atom stereocenters. The molecule has 0 radical (unpaired) electrons. The van der Waals surface area contributed by atoms with Crippen LogP contribution in [-0.4, -0.2) is 41.2 Å². The number of benzene rings is 2. The fraction of sp³-hybridized carbons (Fsp3) is 0.217. The van der Waals surface area contributed by atoms with E-state index in [0.717, 1.165) is 28.1 Å². The Morgan fingerprint density at radius 2 is 1.87 bits per heavy atom. The van der Waals surface area contributed by atoms with E-state index in [2.05, 4.69) is 55.0 Å². The first-order valence-electron chi connectivity index (χ1n) is 10.2. The molecule has 31 heavy (non-hydrogen) atoms. The Bertz CT molecular complexity index is 1190. The third-order valence-electron chi connectivity index (χ3n) is 4.97. The summed E-state index contributed by atoms with van der Waals surface area (Å²) in [4.78, 5) is 16.5. The maximum atomic E-state index is 12.1. The van der Waals surface area contributed by atoms with Crippen LogP contribution in [0.1, 0.15) is 42.3 Å². The second kappa shape index (κ2) is 9.25. The van der Waals surface area contributed by atoms with Crippen molar-refractivity contribution in [2.75, 3.05) is 0 Å². The molecule has 0 aliphatic carbocycles. The van der Waals surface area contributed by atoms with Crippen molar-refractivity contribution in [1.29, 1.82) is 0 Å². The van der Waals surface area contributed by atoms with Gasteiger partial charge in [0.2, 0.25) is 17.4 Å². The third kappa shape index (κ3) is 4.48. The second-order valence-corrected chi connectivity index (χ2v) is 7.04. The molecule has 0 saturated carbocycles. The normalized spacial score (nSPS) is 11.3. The van der Waals surface area contributed by atoms with Gasteiger partial charge in [0.05, 0.1) is 6.54 Å². The van der Waals surface area contributed by atoms with Gasteiger partial charge in [-0.3, -0.25) is 4.79 Å². The average molecular weight is 413 g/mol. The van der Waals surface area contributed by atoms with Crippen LogP contribution in [0, 0.1) is 0 Å². The van der Waals surface area contributed by atoms with E-state index in [1.54, 1.807) is 0 Å². The number of ketones is 1. The molecule has 0 unspecified atom stereocenters. The smallest absolute Gasteiger partial charge is 0.217 e. The SMILES string of the molecule is CC=CCc1nc(C(=O)CC)nn1Cc1ccc(-c2ccccc2-c2nn[nH]n2)cc1. The van der Waals surface area contributed by atoms with Gasteiger partial charge in [-0.15, -0.1) is 15.3 Å². The minimum absolute atomic E-state index is 0.0473. The van der Waals surface area contributed by atoms with E-state index in [1.165, 1.54) is 0 Å². The molecule has 0 spiro atoms. The summed E-state index contributed by atoms with van der Waals surface area (Å²) in [6.45, 7) is 4.33. The Morgan fingerprint density at radius 1 is 1.10 bits per heavy atom. The summed E-state index contributed by atoms with van der Waals surface area (Å²) < 4.78 is 1.81. The van der Waals surface area contributed by atoms with E-state index >= 15 is 0 Å². The molecule has 0 amide bonds. The van der Waals surface area contributed by atoms with Crippen LogP contribution in [0.5, 0.6) is 0 Å². The molecule has 4 rings (SSSR count). The summed E-state index contributed by atoms with van der Waals surface area (Å²) in [7, 11) is 0. The highest BCUT2D eigenvalue weighted by atomic mass is 16.1. The second-order valence-electron chi connectivity index (χ2n) is 7.04. The molecule has 0 aliphatic heterocycles. The van der Waals surface area contributed by atoms with Gasteiger partial charge in [-0.05, 0) is 28.8 Å². The first kappa shape index (κ1) is 20.3. The molecule has 2 aromatic carbocycles. The monoisotopic (exact) mass is 413 g/mol. The summed E-state index contributed by atoms with van der Waals surface area (Å²) >= 11 is 0. The van der Waals surface area contributed by atoms with E-state index in [1.807, 2.05) is 54.9 Å². The topological polar surface area (TPSA) is 102 Å². The van der Waals surface area contributed by atoms with Crippen molar-refractivity contribution in [2.24, 2.45) is 0 Å². The molecular formula is C23H23N7O. The maximum Gasteiger partial charge on any atom is 0.217 e. The van der Waals surface area contributed by atoms with Crippen LogP contribution in [0.25, 0.3) is 22.5 Å². The van der Waals surface area contributed by atoms with Gasteiger partial charge < -0.3 is 0 Å². The Labute approximate surface area is 180 Å². The van der Waals surface area contributed by atoms with E-state index in [9.17, 15) is 4.79 Å². The lowest BCUT2D eigenvalue weighted by Gasteiger charge is -2.09. The molecule has 1 N–H and O–H groups in total. The molecule has 2 heterocycles. The fourth-order valence-electron chi connectivity index (χ4n) is 3.32. The minimum atomic E-state index is -0.0473. The Hall–Kier alpha value is -3.94. The molecule has 0 aliphatic rings. The first-order valence-corrected chi connectivity index (χ1v) is 10.2. The number of aromatic amines is 1. The van der Waals surface area contributed by atoms with Crippen molar-refractivity contribution in [3.05, 3.63) is 77.9 Å². The molecule has 4 aromatic rings. The van der Waals surface area contributed by atoms with Crippen molar-refractivity contribution in [2.45, 2.75) is 33.2 Å². The lowest BCUT2D eigenvalue weighted by molar-refractivity contribution is 0.0978. The predicted molar refractivity (Wildman–Crippen MR) is 117 cm³/mol. The lowest BCUT2D eigenvalue weighted by atomic mass is 9.98. The van der Waals surface area contributed by atoms with E-state index in [0.29, 0.717) is 25.2 Å². The summed E-state index contributed by atoms with van der Waals surface area (Å²) in [5, 5.41) is 18.8. The molecule has 8 nitrogen and oxygen atoms in total. The molecule has 156 valence electrons. The number of nitrogens with one attached hydrogen (secondary N) is 1. The summed E-state index contributed by atoms with van der Waals surface area (Å²) in [5.74, 6) is 1.58. The highest BCUT2D eigenvalue weighted by Crippen LogP contribution is 2.29. The number of nitrogens with zero attached hydrogens (tertiary/aromatic N) is 6. The van der Waals surface area contributed by atoms with Crippen molar-refractivity contribution in [3.63, 3.8) is 0 Å². The van der Waals surface area contributed by atoms with Crippen LogP contribution in [0.15, 0.2) is 60.7 Å². The standard InChI is InChI=1S/C23H23N7O/c1-3-5-10-21-24-23(20(31)4-2)27-30(21)15-16-11-13-17(14-12-16)18-8-6-7-9-19(18)22-25-28-29-26-22/h3,5-9,11-14H,4,10,15H2,1-2H3,(H,25,26,28,29). The van der Waals surface area contributed by atoms with Crippen molar-refractivity contribution >= 4 is 5.78 Å². The van der Waals surface area contributed by atoms with Gasteiger partial charge in [0.15, 0.2) is 0 Å². The number of hydrogen-bond acceptors (Lipinski definition) is 6. The van der Waals surface area contributed by atoms with Crippen LogP contribution < -0.4 is 0 Å². The number of Topliss-reactive ketones (excluding diaryl/α,β-unsaturated/α-hetero) is 1. The third-order valence-corrected chi connectivity index (χ3v) is 4.97. The highest BCUT2D eigenvalue weighted by molar-refractivity contribution is 5.92. The first-order chi connectivity index (χ1) is 15.2. The van der Waals surface area contributed by atoms with Crippen molar-refractivity contribution in [3.8, 4) is 22.5 Å². The molecule has 0 fully saturated rings. The molecule has 2 aromatic heterocycles. The van der Waals surface area contributed by atoms with Crippen LogP contribution in [0.2, 0.25) is 0 Å².